The fourth-order valence-electron chi connectivity index (χ4n) is 0.691. The van der Waals surface area contributed by atoms with Crippen LogP contribution in [0.1, 0.15) is 9.75 Å². The van der Waals surface area contributed by atoms with Crippen LogP contribution in [0.15, 0.2) is 18.2 Å². The van der Waals surface area contributed by atoms with Crippen molar-refractivity contribution in [1.29, 1.82) is 0 Å². The number of hydrogen-bond acceptors (Lipinski definition) is 2. The van der Waals surface area contributed by atoms with Crippen LogP contribution < -0.4 is 0 Å². The zero-order valence-electron chi connectivity index (χ0n) is 6.00. The summed E-state index contributed by atoms with van der Waals surface area (Å²) in [5, 5.41) is -0.434. The van der Waals surface area contributed by atoms with Crippen molar-refractivity contribution in [3.63, 3.8) is 0 Å². The number of thiophene rings is 1. The van der Waals surface area contributed by atoms with Crippen molar-refractivity contribution < 1.29 is 4.79 Å². The zero-order valence-corrected chi connectivity index (χ0v) is 7.58. The topological polar surface area (TPSA) is 17.1 Å². The average molecular weight is 187 g/mol. The maximum Gasteiger partial charge on any atom is 0.245 e. The minimum atomic E-state index is -0.434. The molecule has 0 fully saturated rings. The first-order chi connectivity index (χ1) is 5.18. The lowest BCUT2D eigenvalue weighted by atomic mass is 10.4. The molecule has 58 valence electrons. The van der Waals surface area contributed by atoms with E-state index in [1.165, 1.54) is 11.0 Å². The van der Waals surface area contributed by atoms with Gasteiger partial charge in [-0.25, -0.2) is 0 Å². The van der Waals surface area contributed by atoms with Crippen LogP contribution in [0.25, 0.3) is 6.08 Å². The van der Waals surface area contributed by atoms with Crippen molar-refractivity contribution >= 4 is 34.3 Å². The zero-order chi connectivity index (χ0) is 8.27. The van der Waals surface area contributed by atoms with E-state index >= 15 is 0 Å². The Morgan fingerprint density at radius 3 is 2.82 bits per heavy atom. The molecule has 0 radical (unpaired) electrons. The molecule has 3 heteroatoms. The van der Waals surface area contributed by atoms with Gasteiger partial charge < -0.3 is 0 Å². The number of halogens is 1. The third-order valence-corrected chi connectivity index (χ3v) is 2.23. The second kappa shape index (κ2) is 3.69. The second-order valence-electron chi connectivity index (χ2n) is 2.09. The minimum Gasteiger partial charge on any atom is -0.276 e. The normalized spacial score (nSPS) is 10.7. The summed E-state index contributed by atoms with van der Waals surface area (Å²) >= 11 is 6.75. The molecular weight excluding hydrogens is 180 g/mol. The molecule has 1 aromatic heterocycles. The van der Waals surface area contributed by atoms with Gasteiger partial charge in [0.2, 0.25) is 5.24 Å². The highest BCUT2D eigenvalue weighted by molar-refractivity contribution is 7.12. The third-order valence-electron chi connectivity index (χ3n) is 1.14. The fourth-order valence-corrected chi connectivity index (χ4v) is 1.53. The van der Waals surface area contributed by atoms with E-state index in [0.29, 0.717) is 0 Å². The highest BCUT2D eigenvalue weighted by atomic mass is 35.5. The maximum absolute atomic E-state index is 10.3. The van der Waals surface area contributed by atoms with E-state index in [0.717, 1.165) is 4.88 Å². The molecule has 0 aliphatic heterocycles. The molecule has 0 atom stereocenters. The minimum absolute atomic E-state index is 0.434. The summed E-state index contributed by atoms with van der Waals surface area (Å²) < 4.78 is 0. The lowest BCUT2D eigenvalue weighted by molar-refractivity contribution is -0.107. The van der Waals surface area contributed by atoms with Crippen molar-refractivity contribution in [3.05, 3.63) is 28.0 Å². The molecule has 1 nitrogen and oxygen atoms in total. The number of hydrogen-bond donors (Lipinski definition) is 0. The Balaban J connectivity index is 2.71. The van der Waals surface area contributed by atoms with Gasteiger partial charge in [0.1, 0.15) is 0 Å². The summed E-state index contributed by atoms with van der Waals surface area (Å²) in [7, 11) is 0. The van der Waals surface area contributed by atoms with Crippen LogP contribution in [-0.4, -0.2) is 5.24 Å². The molecule has 1 aromatic rings. The van der Waals surface area contributed by atoms with Gasteiger partial charge in [-0.1, -0.05) is 0 Å². The maximum atomic E-state index is 10.3. The Bertz CT molecular complexity index is 288. The molecule has 0 bridgehead atoms. The monoisotopic (exact) mass is 186 g/mol. The first-order valence-corrected chi connectivity index (χ1v) is 4.32. The predicted molar refractivity (Wildman–Crippen MR) is 49.0 cm³/mol. The van der Waals surface area contributed by atoms with Crippen LogP contribution in [0.5, 0.6) is 0 Å². The number of allylic oxidation sites excluding steroid dienone is 1. The molecule has 0 spiro atoms. The average Bonchev–Trinajstić information content (AvgIpc) is 2.31. The Hall–Kier alpha value is -0.600. The molecular formula is C8H7ClOS. The molecule has 0 amide bonds. The quantitative estimate of drug-likeness (QED) is 0.513. The molecule has 0 saturated carbocycles. The van der Waals surface area contributed by atoms with E-state index in [1.807, 2.05) is 19.1 Å². The summed E-state index contributed by atoms with van der Waals surface area (Å²) in [6.07, 6.45) is 3.07. The van der Waals surface area contributed by atoms with Crippen LogP contribution in [0.3, 0.4) is 0 Å². The molecule has 0 N–H and O–H groups in total. The molecule has 0 aliphatic carbocycles. The first-order valence-electron chi connectivity index (χ1n) is 3.12. The molecule has 1 rings (SSSR count). The molecule has 0 saturated heterocycles. The highest BCUT2D eigenvalue weighted by Gasteiger charge is 1.91. The van der Waals surface area contributed by atoms with E-state index in [2.05, 4.69) is 0 Å². The van der Waals surface area contributed by atoms with Gasteiger partial charge in [0.05, 0.1) is 0 Å². The highest BCUT2D eigenvalue weighted by Crippen LogP contribution is 2.16. The van der Waals surface area contributed by atoms with Crippen molar-refractivity contribution in [2.75, 3.05) is 0 Å². The van der Waals surface area contributed by atoms with Crippen molar-refractivity contribution in [3.8, 4) is 0 Å². The number of carbonyl (C=O) groups excluding carboxylic acids is 1. The largest absolute Gasteiger partial charge is 0.276 e. The van der Waals surface area contributed by atoms with Crippen LogP contribution in [-0.2, 0) is 4.79 Å². The van der Waals surface area contributed by atoms with Crippen molar-refractivity contribution in [1.82, 2.24) is 0 Å². The smallest absolute Gasteiger partial charge is 0.245 e. The van der Waals surface area contributed by atoms with E-state index in [-0.39, 0.29) is 0 Å². The molecule has 1 heterocycles. The standard InChI is InChI=1S/C8H7ClOS/c1-6-2-3-7(11-6)4-5-8(9)10/h2-5H,1H3/b5-4+. The molecule has 0 unspecified atom stereocenters. The summed E-state index contributed by atoms with van der Waals surface area (Å²) in [5.41, 5.74) is 0. The Labute approximate surface area is 74.3 Å². The lowest BCUT2D eigenvalue weighted by Gasteiger charge is -1.79. The van der Waals surface area contributed by atoms with Gasteiger partial charge in [-0.2, -0.15) is 0 Å². The van der Waals surface area contributed by atoms with E-state index < -0.39 is 5.24 Å². The Kier molecular flexibility index (Phi) is 2.85. The Morgan fingerprint density at radius 2 is 2.36 bits per heavy atom. The number of carbonyl (C=O) groups is 1. The summed E-state index contributed by atoms with van der Waals surface area (Å²) in [6.45, 7) is 2.02. The van der Waals surface area contributed by atoms with Gasteiger partial charge in [-0.3, -0.25) is 4.79 Å². The van der Waals surface area contributed by atoms with Crippen LogP contribution in [0.2, 0.25) is 0 Å². The third kappa shape index (κ3) is 2.87. The lowest BCUT2D eigenvalue weighted by Crippen LogP contribution is -1.72. The summed E-state index contributed by atoms with van der Waals surface area (Å²) in [5.74, 6) is 0. The van der Waals surface area contributed by atoms with E-state index in [1.54, 1.807) is 17.4 Å². The number of rotatable bonds is 2. The summed E-state index contributed by atoms with van der Waals surface area (Å²) in [4.78, 5) is 12.6. The second-order valence-corrected chi connectivity index (χ2v) is 3.78. The van der Waals surface area contributed by atoms with Gasteiger partial charge >= 0.3 is 0 Å². The Morgan fingerprint density at radius 1 is 1.64 bits per heavy atom. The van der Waals surface area contributed by atoms with Crippen LogP contribution in [0, 0.1) is 6.92 Å². The fraction of sp³-hybridized carbons (Fsp3) is 0.125. The molecule has 11 heavy (non-hydrogen) atoms. The molecule has 0 aliphatic rings. The van der Waals surface area contributed by atoms with Crippen LogP contribution in [0.4, 0.5) is 0 Å². The van der Waals surface area contributed by atoms with Gasteiger partial charge in [-0.15, -0.1) is 11.3 Å². The number of aryl methyl sites for hydroxylation is 1. The SMILES string of the molecule is Cc1ccc(/C=C/C(=O)Cl)s1. The predicted octanol–water partition coefficient (Wildman–Crippen LogP) is 2.84. The van der Waals surface area contributed by atoms with Gasteiger partial charge in [0, 0.05) is 9.75 Å². The van der Waals surface area contributed by atoms with E-state index in [4.69, 9.17) is 11.6 Å². The van der Waals surface area contributed by atoms with E-state index in [9.17, 15) is 4.79 Å². The van der Waals surface area contributed by atoms with Crippen molar-refractivity contribution in [2.45, 2.75) is 6.92 Å². The summed E-state index contributed by atoms with van der Waals surface area (Å²) in [6, 6.07) is 3.96. The van der Waals surface area contributed by atoms with Gasteiger partial charge in [0.25, 0.3) is 0 Å². The van der Waals surface area contributed by atoms with Crippen molar-refractivity contribution in [2.24, 2.45) is 0 Å². The first kappa shape index (κ1) is 8.50. The molecule has 0 aromatic carbocycles. The van der Waals surface area contributed by atoms with Gasteiger partial charge in [0.15, 0.2) is 0 Å². The van der Waals surface area contributed by atoms with Crippen LogP contribution >= 0.6 is 22.9 Å². The van der Waals surface area contributed by atoms with Gasteiger partial charge in [-0.05, 0) is 42.8 Å².